The van der Waals surface area contributed by atoms with E-state index in [2.05, 4.69) is 10.6 Å². The van der Waals surface area contributed by atoms with Gasteiger partial charge in [0, 0.05) is 32.0 Å². The van der Waals surface area contributed by atoms with Crippen LogP contribution in [-0.4, -0.2) is 43.0 Å². The number of fused-ring (bicyclic) bond motifs is 1. The zero-order valence-electron chi connectivity index (χ0n) is 14.9. The third-order valence-corrected chi connectivity index (χ3v) is 4.14. The third kappa shape index (κ3) is 3.99. The minimum absolute atomic E-state index is 0.164. The normalized spacial score (nSPS) is 12.9. The molecule has 146 valence electrons. The molecule has 0 unspecified atom stereocenters. The van der Waals surface area contributed by atoms with Crippen molar-refractivity contribution in [2.75, 3.05) is 30.9 Å². The average Bonchev–Trinajstić information content (AvgIpc) is 2.89. The summed E-state index contributed by atoms with van der Waals surface area (Å²) in [6.45, 7) is 0.638. The number of urea groups is 1. The lowest BCUT2D eigenvalue weighted by atomic mass is 10.1. The molecule has 28 heavy (non-hydrogen) atoms. The molecule has 0 saturated heterocycles. The van der Waals surface area contributed by atoms with Gasteiger partial charge in [-0.15, -0.1) is 0 Å². The molecule has 1 heterocycles. The highest BCUT2D eigenvalue weighted by atomic mass is 19.1. The highest BCUT2D eigenvalue weighted by molar-refractivity contribution is 6.22. The van der Waals surface area contributed by atoms with E-state index in [0.717, 1.165) is 23.1 Å². The summed E-state index contributed by atoms with van der Waals surface area (Å²) in [5.41, 5.74) is 0.309. The van der Waals surface area contributed by atoms with Crippen LogP contribution in [0.5, 0.6) is 0 Å². The van der Waals surface area contributed by atoms with E-state index in [0.29, 0.717) is 13.0 Å². The molecule has 0 fully saturated rings. The fourth-order valence-electron chi connectivity index (χ4n) is 2.82. The number of amides is 4. The highest BCUT2D eigenvalue weighted by Gasteiger charge is 2.35. The fraction of sp³-hybridized carbons (Fsp3) is 0.211. The first-order chi connectivity index (χ1) is 13.4. The Balaban J connectivity index is 1.71. The van der Waals surface area contributed by atoms with Crippen molar-refractivity contribution in [2.45, 2.75) is 6.42 Å². The molecule has 1 aliphatic rings. The molecule has 0 saturated carbocycles. The summed E-state index contributed by atoms with van der Waals surface area (Å²) >= 11 is 0. The van der Waals surface area contributed by atoms with E-state index in [1.54, 1.807) is 0 Å². The van der Waals surface area contributed by atoms with Crippen molar-refractivity contribution in [1.82, 2.24) is 4.90 Å². The minimum Gasteiger partial charge on any atom is -0.385 e. The Morgan fingerprint density at radius 3 is 2.54 bits per heavy atom. The van der Waals surface area contributed by atoms with Gasteiger partial charge >= 0.3 is 6.03 Å². The number of carbonyl (C=O) groups excluding carboxylic acids is 3. The van der Waals surface area contributed by atoms with E-state index in [1.165, 1.54) is 25.3 Å². The SMILES string of the molecule is COCCCN1C(=O)c2ccc(NC(=O)Nc3cc(F)ccc3F)cc2C1=O. The Morgan fingerprint density at radius 1 is 1.04 bits per heavy atom. The first kappa shape index (κ1) is 19.4. The topological polar surface area (TPSA) is 87.7 Å². The van der Waals surface area contributed by atoms with Crippen LogP contribution >= 0.6 is 0 Å². The Bertz CT molecular complexity index is 949. The van der Waals surface area contributed by atoms with E-state index in [9.17, 15) is 23.2 Å². The first-order valence-electron chi connectivity index (χ1n) is 8.43. The van der Waals surface area contributed by atoms with Crippen LogP contribution in [0, 0.1) is 11.6 Å². The summed E-state index contributed by atoms with van der Waals surface area (Å²) < 4.78 is 31.7. The molecule has 0 spiro atoms. The van der Waals surface area contributed by atoms with E-state index < -0.39 is 29.5 Å². The number of rotatable bonds is 6. The van der Waals surface area contributed by atoms with Gasteiger partial charge in [-0.1, -0.05) is 0 Å². The maximum Gasteiger partial charge on any atom is 0.323 e. The van der Waals surface area contributed by atoms with Crippen LogP contribution < -0.4 is 10.6 Å². The molecule has 3 rings (SSSR count). The number of hydrogen-bond donors (Lipinski definition) is 2. The van der Waals surface area contributed by atoms with Crippen molar-refractivity contribution < 1.29 is 27.9 Å². The minimum atomic E-state index is -0.821. The molecule has 2 aromatic carbocycles. The molecule has 0 aliphatic carbocycles. The van der Waals surface area contributed by atoms with Crippen LogP contribution in [0.3, 0.4) is 0 Å². The molecule has 0 aromatic heterocycles. The van der Waals surface area contributed by atoms with Gasteiger partial charge in [-0.05, 0) is 36.8 Å². The summed E-state index contributed by atoms with van der Waals surface area (Å²) in [5.74, 6) is -2.37. The molecule has 4 amide bonds. The van der Waals surface area contributed by atoms with Gasteiger partial charge in [0.15, 0.2) is 0 Å². The molecular weight excluding hydrogens is 372 g/mol. The first-order valence-corrected chi connectivity index (χ1v) is 8.43. The molecular formula is C19H17F2N3O4. The van der Waals surface area contributed by atoms with Crippen molar-refractivity contribution in [2.24, 2.45) is 0 Å². The number of benzene rings is 2. The summed E-state index contributed by atoms with van der Waals surface area (Å²) in [6.07, 6.45) is 0.509. The van der Waals surface area contributed by atoms with Crippen molar-refractivity contribution >= 4 is 29.2 Å². The number of methoxy groups -OCH3 is 1. The summed E-state index contributed by atoms with van der Waals surface area (Å²) in [4.78, 5) is 38.0. The second-order valence-corrected chi connectivity index (χ2v) is 6.07. The smallest absolute Gasteiger partial charge is 0.323 e. The Morgan fingerprint density at radius 2 is 1.79 bits per heavy atom. The van der Waals surface area contributed by atoms with Gasteiger partial charge in [0.05, 0.1) is 16.8 Å². The zero-order valence-corrected chi connectivity index (χ0v) is 14.9. The average molecular weight is 389 g/mol. The lowest BCUT2D eigenvalue weighted by Crippen LogP contribution is -2.31. The largest absolute Gasteiger partial charge is 0.385 e. The number of hydrogen-bond acceptors (Lipinski definition) is 4. The van der Waals surface area contributed by atoms with Crippen molar-refractivity contribution in [1.29, 1.82) is 0 Å². The summed E-state index contributed by atoms with van der Waals surface area (Å²) in [7, 11) is 1.53. The van der Waals surface area contributed by atoms with Gasteiger partial charge in [-0.25, -0.2) is 13.6 Å². The predicted octanol–water partition coefficient (Wildman–Crippen LogP) is 3.24. The second kappa shape index (κ2) is 8.13. The Hall–Kier alpha value is -3.33. The van der Waals surface area contributed by atoms with E-state index in [-0.39, 0.29) is 29.0 Å². The fourth-order valence-corrected chi connectivity index (χ4v) is 2.82. The molecule has 0 bridgehead atoms. The van der Waals surface area contributed by atoms with Crippen molar-refractivity contribution in [3.05, 3.63) is 59.2 Å². The van der Waals surface area contributed by atoms with Crippen LogP contribution in [0.4, 0.5) is 25.0 Å². The maximum absolute atomic E-state index is 13.6. The van der Waals surface area contributed by atoms with Gasteiger partial charge in [0.25, 0.3) is 11.8 Å². The van der Waals surface area contributed by atoms with Gasteiger partial charge in [0.2, 0.25) is 0 Å². The lowest BCUT2D eigenvalue weighted by molar-refractivity contribution is 0.0638. The van der Waals surface area contributed by atoms with Gasteiger partial charge < -0.3 is 15.4 Å². The van der Waals surface area contributed by atoms with Gasteiger partial charge in [-0.3, -0.25) is 14.5 Å². The number of anilines is 2. The number of imide groups is 1. The summed E-state index contributed by atoms with van der Waals surface area (Å²) in [6, 6.07) is 6.10. The number of nitrogens with zero attached hydrogens (tertiary/aromatic N) is 1. The van der Waals surface area contributed by atoms with E-state index >= 15 is 0 Å². The van der Waals surface area contributed by atoms with Crippen LogP contribution in [0.25, 0.3) is 0 Å². The van der Waals surface area contributed by atoms with E-state index in [4.69, 9.17) is 4.74 Å². The number of carbonyl (C=O) groups is 3. The lowest BCUT2D eigenvalue weighted by Gasteiger charge is -2.12. The second-order valence-electron chi connectivity index (χ2n) is 6.07. The zero-order chi connectivity index (χ0) is 20.3. The van der Waals surface area contributed by atoms with Crippen LogP contribution in [0.1, 0.15) is 27.1 Å². The van der Waals surface area contributed by atoms with Crippen molar-refractivity contribution in [3.8, 4) is 0 Å². The Labute approximate surface area is 159 Å². The summed E-state index contributed by atoms with van der Waals surface area (Å²) in [5, 5.41) is 4.62. The molecule has 1 aliphatic heterocycles. The maximum atomic E-state index is 13.6. The quantitative estimate of drug-likeness (QED) is 0.587. The molecule has 2 aromatic rings. The van der Waals surface area contributed by atoms with Crippen LogP contribution in [0.15, 0.2) is 36.4 Å². The number of halogens is 2. The van der Waals surface area contributed by atoms with Crippen LogP contribution in [-0.2, 0) is 4.74 Å². The molecule has 7 nitrogen and oxygen atoms in total. The standard InChI is InChI=1S/C19H17F2N3O4/c1-28-8-2-7-24-17(25)13-5-4-12(10-14(13)18(24)26)22-19(27)23-16-9-11(20)3-6-15(16)21/h3-6,9-10H,2,7-8H2,1H3,(H2,22,23,27). The monoisotopic (exact) mass is 389 g/mol. The molecule has 0 radical (unpaired) electrons. The van der Waals surface area contributed by atoms with Gasteiger partial charge in [0.1, 0.15) is 11.6 Å². The van der Waals surface area contributed by atoms with E-state index in [1.807, 2.05) is 0 Å². The third-order valence-electron chi connectivity index (χ3n) is 4.14. The van der Waals surface area contributed by atoms with Crippen LogP contribution in [0.2, 0.25) is 0 Å². The highest BCUT2D eigenvalue weighted by Crippen LogP contribution is 2.26. The molecule has 2 N–H and O–H groups in total. The Kier molecular flexibility index (Phi) is 5.65. The van der Waals surface area contributed by atoms with Gasteiger partial charge in [-0.2, -0.15) is 0 Å². The molecule has 0 atom stereocenters. The molecule has 9 heteroatoms. The number of ether oxygens (including phenoxy) is 1. The predicted molar refractivity (Wildman–Crippen MR) is 97.3 cm³/mol. The number of nitrogens with one attached hydrogen (secondary N) is 2. The van der Waals surface area contributed by atoms with Crippen molar-refractivity contribution in [3.63, 3.8) is 0 Å².